The van der Waals surface area contributed by atoms with Crippen LogP contribution in [0.5, 0.6) is 0 Å². The van der Waals surface area contributed by atoms with E-state index in [2.05, 4.69) is 15.5 Å². The van der Waals surface area contributed by atoms with Crippen molar-refractivity contribution in [3.63, 3.8) is 0 Å². The summed E-state index contributed by atoms with van der Waals surface area (Å²) < 4.78 is 1.92. The molecule has 2 rings (SSSR count). The van der Waals surface area contributed by atoms with Gasteiger partial charge in [0.1, 0.15) is 5.82 Å². The largest absolute Gasteiger partial charge is 0.355 e. The number of carbonyl (C=O) groups is 1. The highest BCUT2D eigenvalue weighted by molar-refractivity contribution is 6.19. The summed E-state index contributed by atoms with van der Waals surface area (Å²) in [5.41, 5.74) is 0.263. The SMILES string of the molecule is CC(C)(CCl)C(=O)NCCc1nnc2ccccn12. The highest BCUT2D eigenvalue weighted by Gasteiger charge is 2.25. The third kappa shape index (κ3) is 3.04. The van der Waals surface area contributed by atoms with Crippen molar-refractivity contribution in [2.45, 2.75) is 20.3 Å². The van der Waals surface area contributed by atoms with E-state index in [0.29, 0.717) is 18.8 Å². The van der Waals surface area contributed by atoms with Crippen molar-refractivity contribution in [2.75, 3.05) is 12.4 Å². The first-order valence-electron chi connectivity index (χ1n) is 6.17. The molecule has 0 bridgehead atoms. The Kier molecular flexibility index (Phi) is 4.04. The summed E-state index contributed by atoms with van der Waals surface area (Å²) in [6.45, 7) is 4.17. The van der Waals surface area contributed by atoms with Crippen LogP contribution in [0.2, 0.25) is 0 Å². The molecule has 0 aliphatic rings. The summed E-state index contributed by atoms with van der Waals surface area (Å²) in [7, 11) is 0. The first-order chi connectivity index (χ1) is 9.04. The summed E-state index contributed by atoms with van der Waals surface area (Å²) in [4.78, 5) is 11.8. The van der Waals surface area contributed by atoms with Crippen molar-refractivity contribution in [2.24, 2.45) is 5.41 Å². The number of hydrogen-bond donors (Lipinski definition) is 1. The molecule has 2 aromatic heterocycles. The van der Waals surface area contributed by atoms with E-state index in [1.165, 1.54) is 0 Å². The lowest BCUT2D eigenvalue weighted by atomic mass is 9.95. The zero-order valence-corrected chi connectivity index (χ0v) is 11.8. The number of nitrogens with zero attached hydrogens (tertiary/aromatic N) is 3. The minimum Gasteiger partial charge on any atom is -0.355 e. The van der Waals surface area contributed by atoms with Crippen molar-refractivity contribution in [1.82, 2.24) is 19.9 Å². The lowest BCUT2D eigenvalue weighted by Crippen LogP contribution is -2.39. The Morgan fingerprint density at radius 1 is 1.42 bits per heavy atom. The molecule has 0 saturated heterocycles. The molecule has 0 aromatic carbocycles. The number of nitrogens with one attached hydrogen (secondary N) is 1. The Bertz CT molecular complexity index is 579. The number of carbonyl (C=O) groups excluding carboxylic acids is 1. The number of alkyl halides is 1. The third-order valence-corrected chi connectivity index (χ3v) is 3.64. The van der Waals surface area contributed by atoms with Gasteiger partial charge < -0.3 is 5.32 Å². The van der Waals surface area contributed by atoms with E-state index < -0.39 is 5.41 Å². The molecule has 19 heavy (non-hydrogen) atoms. The van der Waals surface area contributed by atoms with E-state index in [4.69, 9.17) is 11.6 Å². The minimum absolute atomic E-state index is 0.0451. The van der Waals surface area contributed by atoms with Gasteiger partial charge in [-0.15, -0.1) is 21.8 Å². The first kappa shape index (κ1) is 13.8. The molecule has 6 heteroatoms. The van der Waals surface area contributed by atoms with Crippen LogP contribution in [0.4, 0.5) is 0 Å². The van der Waals surface area contributed by atoms with Crippen LogP contribution >= 0.6 is 11.6 Å². The zero-order chi connectivity index (χ0) is 13.9. The fraction of sp³-hybridized carbons (Fsp3) is 0.462. The number of pyridine rings is 1. The van der Waals surface area contributed by atoms with E-state index >= 15 is 0 Å². The molecule has 2 aromatic rings. The molecule has 1 N–H and O–H groups in total. The van der Waals surface area contributed by atoms with Gasteiger partial charge in [-0.05, 0) is 26.0 Å². The van der Waals surface area contributed by atoms with Crippen LogP contribution in [-0.2, 0) is 11.2 Å². The Morgan fingerprint density at radius 2 is 2.21 bits per heavy atom. The van der Waals surface area contributed by atoms with Crippen LogP contribution in [0.1, 0.15) is 19.7 Å². The summed E-state index contributed by atoms with van der Waals surface area (Å²) >= 11 is 5.76. The summed E-state index contributed by atoms with van der Waals surface area (Å²) in [6, 6.07) is 5.74. The van der Waals surface area contributed by atoms with E-state index in [9.17, 15) is 4.79 Å². The molecule has 0 fully saturated rings. The standard InChI is InChI=1S/C13H17ClN4O/c1-13(2,9-14)12(19)15-7-6-11-17-16-10-5-3-4-8-18(10)11/h3-5,8H,6-7,9H2,1-2H3,(H,15,19). The Labute approximate surface area is 117 Å². The fourth-order valence-corrected chi connectivity index (χ4v) is 1.77. The molecule has 0 radical (unpaired) electrons. The first-order valence-corrected chi connectivity index (χ1v) is 6.71. The highest BCUT2D eigenvalue weighted by Crippen LogP contribution is 2.16. The lowest BCUT2D eigenvalue weighted by molar-refractivity contribution is -0.128. The van der Waals surface area contributed by atoms with Gasteiger partial charge in [0.15, 0.2) is 5.65 Å². The number of rotatable bonds is 5. The summed E-state index contributed by atoms with van der Waals surface area (Å²) in [6.07, 6.45) is 2.55. The fourth-order valence-electron chi connectivity index (χ4n) is 1.65. The smallest absolute Gasteiger partial charge is 0.226 e. The normalized spacial score (nSPS) is 11.7. The van der Waals surface area contributed by atoms with Crippen LogP contribution in [-0.4, -0.2) is 32.9 Å². The van der Waals surface area contributed by atoms with Crippen molar-refractivity contribution >= 4 is 23.2 Å². The summed E-state index contributed by atoms with van der Waals surface area (Å²) in [5, 5.41) is 11.0. The number of amides is 1. The maximum Gasteiger partial charge on any atom is 0.226 e. The average molecular weight is 281 g/mol. The van der Waals surface area contributed by atoms with Crippen molar-refractivity contribution < 1.29 is 4.79 Å². The van der Waals surface area contributed by atoms with Crippen LogP contribution in [0.15, 0.2) is 24.4 Å². The van der Waals surface area contributed by atoms with Crippen molar-refractivity contribution in [3.8, 4) is 0 Å². The van der Waals surface area contributed by atoms with Crippen LogP contribution in [0, 0.1) is 5.41 Å². The maximum atomic E-state index is 11.8. The molecular weight excluding hydrogens is 264 g/mol. The molecule has 0 spiro atoms. The van der Waals surface area contributed by atoms with E-state index in [1.807, 2.05) is 42.6 Å². The molecule has 1 amide bonds. The predicted molar refractivity (Wildman–Crippen MR) is 74.2 cm³/mol. The van der Waals surface area contributed by atoms with Gasteiger partial charge in [-0.3, -0.25) is 9.20 Å². The van der Waals surface area contributed by atoms with E-state index in [0.717, 1.165) is 11.5 Å². The van der Waals surface area contributed by atoms with Gasteiger partial charge in [0.25, 0.3) is 0 Å². The zero-order valence-electron chi connectivity index (χ0n) is 11.1. The maximum absolute atomic E-state index is 11.8. The van der Waals surface area contributed by atoms with Gasteiger partial charge in [0, 0.05) is 25.0 Å². The average Bonchev–Trinajstić information content (AvgIpc) is 2.82. The molecule has 102 valence electrons. The molecule has 0 aliphatic carbocycles. The number of fused-ring (bicyclic) bond motifs is 1. The van der Waals surface area contributed by atoms with Gasteiger partial charge in [-0.2, -0.15) is 0 Å². The van der Waals surface area contributed by atoms with Crippen LogP contribution < -0.4 is 5.32 Å². The second-order valence-electron chi connectivity index (χ2n) is 5.07. The number of hydrogen-bond acceptors (Lipinski definition) is 3. The minimum atomic E-state index is -0.547. The van der Waals surface area contributed by atoms with Crippen molar-refractivity contribution in [1.29, 1.82) is 0 Å². The second kappa shape index (κ2) is 5.57. The molecule has 0 atom stereocenters. The lowest BCUT2D eigenvalue weighted by Gasteiger charge is -2.20. The number of halogens is 1. The van der Waals surface area contributed by atoms with Gasteiger partial charge in [0.05, 0.1) is 5.41 Å². The monoisotopic (exact) mass is 280 g/mol. The predicted octanol–water partition coefficient (Wildman–Crippen LogP) is 1.65. The van der Waals surface area contributed by atoms with Gasteiger partial charge in [-0.1, -0.05) is 6.07 Å². The third-order valence-electron chi connectivity index (χ3n) is 2.97. The van der Waals surface area contributed by atoms with Crippen LogP contribution in [0.25, 0.3) is 5.65 Å². The molecule has 0 unspecified atom stereocenters. The Hall–Kier alpha value is -1.62. The van der Waals surface area contributed by atoms with Gasteiger partial charge >= 0.3 is 0 Å². The van der Waals surface area contributed by atoms with E-state index in [1.54, 1.807) is 0 Å². The molecule has 0 aliphatic heterocycles. The van der Waals surface area contributed by atoms with Gasteiger partial charge in [0.2, 0.25) is 5.91 Å². The van der Waals surface area contributed by atoms with E-state index in [-0.39, 0.29) is 5.91 Å². The Morgan fingerprint density at radius 3 is 2.95 bits per heavy atom. The molecule has 5 nitrogen and oxygen atoms in total. The Balaban J connectivity index is 1.95. The molecular formula is C13H17ClN4O. The topological polar surface area (TPSA) is 59.3 Å². The van der Waals surface area contributed by atoms with Crippen LogP contribution in [0.3, 0.4) is 0 Å². The molecule has 0 saturated carbocycles. The highest BCUT2D eigenvalue weighted by atomic mass is 35.5. The molecule has 2 heterocycles. The summed E-state index contributed by atoms with van der Waals surface area (Å²) in [5.74, 6) is 1.09. The second-order valence-corrected chi connectivity index (χ2v) is 5.34. The van der Waals surface area contributed by atoms with Crippen molar-refractivity contribution in [3.05, 3.63) is 30.2 Å². The quantitative estimate of drug-likeness (QED) is 0.848. The number of aromatic nitrogens is 3. The van der Waals surface area contributed by atoms with Gasteiger partial charge in [-0.25, -0.2) is 0 Å².